The maximum atomic E-state index is 14.2. The number of hydrogen-bond donors (Lipinski definition) is 1. The van der Waals surface area contributed by atoms with Crippen LogP contribution in [0.2, 0.25) is 0 Å². The number of nitrogens with zero attached hydrogens (tertiary/aromatic N) is 2. The molecule has 0 aliphatic heterocycles. The molecule has 224 valence electrons. The number of benzene rings is 3. The van der Waals surface area contributed by atoms with Gasteiger partial charge >= 0.3 is 0 Å². The predicted molar refractivity (Wildman–Crippen MR) is 173 cm³/mol. The van der Waals surface area contributed by atoms with E-state index in [4.69, 9.17) is 4.74 Å². The van der Waals surface area contributed by atoms with Gasteiger partial charge in [0.05, 0.1) is 17.7 Å². The molecule has 0 spiro atoms. The van der Waals surface area contributed by atoms with E-state index in [1.54, 1.807) is 49.6 Å². The SMILES string of the molecule is CC[C@H](C(=O)NC1CCCCC1)N(Cc1cccc(OC)c1)C(=O)CN(c1ccc(I)cc1)S(=O)(=O)c1ccccc1. The molecule has 1 atom stereocenters. The first-order valence-electron chi connectivity index (χ1n) is 14.3. The third-order valence-corrected chi connectivity index (χ3v) is 10.1. The predicted octanol–water partition coefficient (Wildman–Crippen LogP) is 5.75. The molecule has 0 bridgehead atoms. The van der Waals surface area contributed by atoms with Gasteiger partial charge in [-0.3, -0.25) is 13.9 Å². The molecule has 1 aliphatic rings. The number of methoxy groups -OCH3 is 1. The summed E-state index contributed by atoms with van der Waals surface area (Å²) in [6.45, 7) is 1.53. The van der Waals surface area contributed by atoms with Crippen LogP contribution in [0.4, 0.5) is 5.69 Å². The van der Waals surface area contributed by atoms with Crippen LogP contribution in [0.5, 0.6) is 5.75 Å². The zero-order valence-electron chi connectivity index (χ0n) is 24.0. The van der Waals surface area contributed by atoms with Crippen molar-refractivity contribution in [3.8, 4) is 5.75 Å². The van der Waals surface area contributed by atoms with E-state index in [0.717, 1.165) is 45.5 Å². The monoisotopic (exact) mass is 703 g/mol. The Bertz CT molecular complexity index is 1440. The molecule has 10 heteroatoms. The molecule has 0 heterocycles. The molecule has 1 aliphatic carbocycles. The largest absolute Gasteiger partial charge is 0.497 e. The maximum Gasteiger partial charge on any atom is 0.264 e. The minimum absolute atomic E-state index is 0.0795. The molecule has 42 heavy (non-hydrogen) atoms. The number of halogens is 1. The van der Waals surface area contributed by atoms with Crippen LogP contribution < -0.4 is 14.4 Å². The van der Waals surface area contributed by atoms with E-state index in [2.05, 4.69) is 27.9 Å². The van der Waals surface area contributed by atoms with E-state index >= 15 is 0 Å². The number of nitrogens with one attached hydrogen (secondary N) is 1. The average molecular weight is 704 g/mol. The molecular weight excluding hydrogens is 665 g/mol. The molecule has 0 radical (unpaired) electrons. The minimum Gasteiger partial charge on any atom is -0.497 e. The van der Waals surface area contributed by atoms with Crippen molar-refractivity contribution in [2.24, 2.45) is 0 Å². The fourth-order valence-electron chi connectivity index (χ4n) is 5.29. The molecule has 8 nitrogen and oxygen atoms in total. The number of sulfonamides is 1. The van der Waals surface area contributed by atoms with Gasteiger partial charge in [0.1, 0.15) is 18.3 Å². The fourth-order valence-corrected chi connectivity index (χ4v) is 7.08. The van der Waals surface area contributed by atoms with E-state index in [1.165, 1.54) is 17.0 Å². The number of amides is 2. The number of hydrogen-bond acceptors (Lipinski definition) is 5. The molecule has 1 N–H and O–H groups in total. The molecule has 0 saturated heterocycles. The van der Waals surface area contributed by atoms with Gasteiger partial charge in [0, 0.05) is 16.2 Å². The lowest BCUT2D eigenvalue weighted by atomic mass is 9.95. The third-order valence-electron chi connectivity index (χ3n) is 7.55. The number of anilines is 1. The minimum atomic E-state index is -4.09. The lowest BCUT2D eigenvalue weighted by molar-refractivity contribution is -0.140. The third kappa shape index (κ3) is 8.03. The van der Waals surface area contributed by atoms with Crippen LogP contribution in [0.25, 0.3) is 0 Å². The first-order valence-corrected chi connectivity index (χ1v) is 16.8. The fraction of sp³-hybridized carbons (Fsp3) is 0.375. The van der Waals surface area contributed by atoms with Gasteiger partial charge in [-0.05, 0) is 95.9 Å². The van der Waals surface area contributed by atoms with Gasteiger partial charge in [-0.15, -0.1) is 0 Å². The second-order valence-electron chi connectivity index (χ2n) is 10.4. The van der Waals surface area contributed by atoms with E-state index in [1.807, 2.05) is 31.2 Å². The van der Waals surface area contributed by atoms with Crippen molar-refractivity contribution < 1.29 is 22.7 Å². The molecular formula is C32H38IN3O5S. The van der Waals surface area contributed by atoms with Crippen LogP contribution in [0.1, 0.15) is 51.0 Å². The molecule has 0 unspecified atom stereocenters. The highest BCUT2D eigenvalue weighted by Gasteiger charge is 2.34. The molecule has 1 fully saturated rings. The van der Waals surface area contributed by atoms with Gasteiger partial charge in [0.2, 0.25) is 11.8 Å². The maximum absolute atomic E-state index is 14.2. The Balaban J connectivity index is 1.70. The summed E-state index contributed by atoms with van der Waals surface area (Å²) >= 11 is 2.15. The van der Waals surface area contributed by atoms with Gasteiger partial charge in [0.15, 0.2) is 0 Å². The first kappa shape index (κ1) is 31.8. The van der Waals surface area contributed by atoms with Gasteiger partial charge in [-0.2, -0.15) is 0 Å². The summed E-state index contributed by atoms with van der Waals surface area (Å²) in [5, 5.41) is 3.17. The molecule has 2 amide bonds. The average Bonchev–Trinajstić information content (AvgIpc) is 3.01. The second kappa shape index (κ2) is 14.9. The topological polar surface area (TPSA) is 96.0 Å². The smallest absolute Gasteiger partial charge is 0.264 e. The number of ether oxygens (including phenoxy) is 1. The van der Waals surface area contributed by atoms with Crippen molar-refractivity contribution in [2.45, 2.75) is 69.0 Å². The van der Waals surface area contributed by atoms with E-state index < -0.39 is 28.5 Å². The molecule has 4 rings (SSSR count). The lowest BCUT2D eigenvalue weighted by Crippen LogP contribution is -2.54. The number of rotatable bonds is 12. The van der Waals surface area contributed by atoms with Crippen LogP contribution in [0.15, 0.2) is 83.8 Å². The van der Waals surface area contributed by atoms with E-state index in [0.29, 0.717) is 17.9 Å². The van der Waals surface area contributed by atoms with Crippen molar-refractivity contribution in [3.05, 3.63) is 88.0 Å². The highest BCUT2D eigenvalue weighted by molar-refractivity contribution is 14.1. The van der Waals surface area contributed by atoms with Crippen LogP contribution in [-0.2, 0) is 26.2 Å². The summed E-state index contributed by atoms with van der Waals surface area (Å²) in [6.07, 6.45) is 5.51. The molecule has 0 aromatic heterocycles. The van der Waals surface area contributed by atoms with E-state index in [9.17, 15) is 18.0 Å². The van der Waals surface area contributed by atoms with Crippen LogP contribution >= 0.6 is 22.6 Å². The lowest BCUT2D eigenvalue weighted by Gasteiger charge is -2.34. The van der Waals surface area contributed by atoms with Crippen LogP contribution in [0, 0.1) is 3.57 Å². The summed E-state index contributed by atoms with van der Waals surface area (Å²) in [4.78, 5) is 29.5. The highest BCUT2D eigenvalue weighted by Crippen LogP contribution is 2.26. The molecule has 3 aromatic carbocycles. The standard InChI is InChI=1S/C32H38IN3O5S/c1-3-30(32(38)34-26-12-6-4-7-13-26)35(22-24-11-10-14-28(21-24)41-2)31(37)23-36(27-19-17-25(33)18-20-27)42(39,40)29-15-8-5-9-16-29/h5,8-11,14-21,26,30H,3-4,6-7,12-13,22-23H2,1-2H3,(H,34,38)/t30-/m1/s1. The van der Waals surface area contributed by atoms with E-state index in [-0.39, 0.29) is 23.4 Å². The Hall–Kier alpha value is -3.12. The Labute approximate surface area is 262 Å². The summed E-state index contributed by atoms with van der Waals surface area (Å²) in [5.41, 5.74) is 1.15. The van der Waals surface area contributed by atoms with Crippen LogP contribution in [-0.4, -0.2) is 50.9 Å². The zero-order chi connectivity index (χ0) is 30.1. The van der Waals surface area contributed by atoms with Crippen molar-refractivity contribution in [3.63, 3.8) is 0 Å². The summed E-state index contributed by atoms with van der Waals surface area (Å²) < 4.78 is 35.3. The summed E-state index contributed by atoms with van der Waals surface area (Å²) in [5.74, 6) is -0.0549. The van der Waals surface area contributed by atoms with Crippen molar-refractivity contribution >= 4 is 50.1 Å². The Morgan fingerprint density at radius 1 is 0.976 bits per heavy atom. The summed E-state index contributed by atoms with van der Waals surface area (Å²) in [7, 11) is -2.52. The van der Waals surface area contributed by atoms with Crippen molar-refractivity contribution in [2.75, 3.05) is 18.0 Å². The van der Waals surface area contributed by atoms with Crippen LogP contribution in [0.3, 0.4) is 0 Å². The number of carbonyl (C=O) groups excluding carboxylic acids is 2. The Kier molecular flexibility index (Phi) is 11.3. The first-order chi connectivity index (χ1) is 20.2. The number of carbonyl (C=O) groups is 2. The van der Waals surface area contributed by atoms with Gasteiger partial charge in [-0.1, -0.05) is 56.5 Å². The summed E-state index contributed by atoms with van der Waals surface area (Å²) in [6, 6.07) is 21.7. The van der Waals surface area contributed by atoms with Crippen molar-refractivity contribution in [1.82, 2.24) is 10.2 Å². The molecule has 1 saturated carbocycles. The molecule has 3 aromatic rings. The Morgan fingerprint density at radius 3 is 2.31 bits per heavy atom. The second-order valence-corrected chi connectivity index (χ2v) is 13.5. The van der Waals surface area contributed by atoms with Gasteiger partial charge < -0.3 is 15.0 Å². The van der Waals surface area contributed by atoms with Gasteiger partial charge in [0.25, 0.3) is 10.0 Å². The zero-order valence-corrected chi connectivity index (χ0v) is 27.0. The quantitative estimate of drug-likeness (QED) is 0.243. The highest BCUT2D eigenvalue weighted by atomic mass is 127. The normalized spacial score (nSPS) is 14.5. The van der Waals surface area contributed by atoms with Crippen molar-refractivity contribution in [1.29, 1.82) is 0 Å². The Morgan fingerprint density at radius 2 is 1.67 bits per heavy atom. The van der Waals surface area contributed by atoms with Gasteiger partial charge in [-0.25, -0.2) is 8.42 Å².